The van der Waals surface area contributed by atoms with Crippen LogP contribution in [0.15, 0.2) is 24.8 Å². The largest absolute Gasteiger partial charge is 0.395 e. The lowest BCUT2D eigenvalue weighted by Gasteiger charge is -1.85. The molecule has 13 heavy (non-hydrogen) atoms. The number of rotatable bonds is 2. The lowest BCUT2D eigenvalue weighted by Crippen LogP contribution is -2.06. The van der Waals surface area contributed by atoms with E-state index in [1.54, 1.807) is 18.5 Å². The smallest absolute Gasteiger partial charge is 0.267 e. The van der Waals surface area contributed by atoms with Crippen molar-refractivity contribution in [3.63, 3.8) is 0 Å². The molecule has 2 N–H and O–H groups in total. The minimum Gasteiger partial charge on any atom is -0.395 e. The summed E-state index contributed by atoms with van der Waals surface area (Å²) in [6.45, 7) is -0.529. The van der Waals surface area contributed by atoms with E-state index in [1.165, 1.54) is 6.33 Å². The summed E-state index contributed by atoms with van der Waals surface area (Å²) >= 11 is 0. The van der Waals surface area contributed by atoms with E-state index in [0.717, 1.165) is 0 Å². The van der Waals surface area contributed by atoms with Crippen LogP contribution in [0.5, 0.6) is 0 Å². The first kappa shape index (κ1) is 11.9. The van der Waals surface area contributed by atoms with E-state index in [2.05, 4.69) is 9.97 Å². The Balaban J connectivity index is 0.000000223. The molecular formula is C6H10N2O4S. The Hall–Kier alpha value is -1.05. The first-order valence-corrected chi connectivity index (χ1v) is 4.93. The van der Waals surface area contributed by atoms with Crippen LogP contribution in [-0.2, 0) is 10.1 Å². The molecule has 0 aliphatic rings. The van der Waals surface area contributed by atoms with Gasteiger partial charge < -0.3 is 5.11 Å². The highest BCUT2D eigenvalue weighted by Crippen LogP contribution is 1.76. The van der Waals surface area contributed by atoms with Crippen LogP contribution in [0.2, 0.25) is 0 Å². The van der Waals surface area contributed by atoms with E-state index in [9.17, 15) is 8.42 Å². The third-order valence-electron chi connectivity index (χ3n) is 0.827. The molecule has 0 amide bonds. The molecule has 0 bridgehead atoms. The Morgan fingerprint density at radius 2 is 1.77 bits per heavy atom. The highest BCUT2D eigenvalue weighted by atomic mass is 32.2. The fourth-order valence-electron chi connectivity index (χ4n) is 0.369. The molecule has 0 aliphatic heterocycles. The van der Waals surface area contributed by atoms with Crippen LogP contribution in [-0.4, -0.2) is 40.4 Å². The van der Waals surface area contributed by atoms with Crippen LogP contribution >= 0.6 is 0 Å². The van der Waals surface area contributed by atoms with Gasteiger partial charge in [0, 0.05) is 12.4 Å². The highest BCUT2D eigenvalue weighted by Gasteiger charge is 1.99. The molecule has 0 atom stereocenters. The number of aromatic nitrogens is 2. The molecule has 0 saturated carbocycles. The third kappa shape index (κ3) is 10.9. The maximum Gasteiger partial charge on any atom is 0.267 e. The Bertz CT molecular complexity index is 273. The molecule has 1 aromatic heterocycles. The lowest BCUT2D eigenvalue weighted by molar-refractivity contribution is 0.315. The van der Waals surface area contributed by atoms with Crippen molar-refractivity contribution in [2.75, 3.05) is 12.4 Å². The monoisotopic (exact) mass is 206 g/mol. The molecule has 0 fully saturated rings. The molecule has 0 unspecified atom stereocenters. The van der Waals surface area contributed by atoms with Gasteiger partial charge in [-0.2, -0.15) is 8.42 Å². The lowest BCUT2D eigenvalue weighted by atomic mass is 10.7. The Labute approximate surface area is 76.0 Å². The van der Waals surface area contributed by atoms with Crippen LogP contribution < -0.4 is 0 Å². The normalized spacial score (nSPS) is 10.0. The van der Waals surface area contributed by atoms with Crippen LogP contribution in [0.4, 0.5) is 0 Å². The Morgan fingerprint density at radius 1 is 1.23 bits per heavy atom. The summed E-state index contributed by atoms with van der Waals surface area (Å²) in [5, 5.41) is 7.86. The molecule has 0 saturated heterocycles. The number of nitrogens with zero attached hydrogens (tertiary/aromatic N) is 2. The summed E-state index contributed by atoms with van der Waals surface area (Å²) in [7, 11) is -3.92. The quantitative estimate of drug-likeness (QED) is 0.623. The number of hydrogen-bond donors (Lipinski definition) is 2. The molecule has 0 radical (unpaired) electrons. The van der Waals surface area contributed by atoms with E-state index in [0.29, 0.717) is 0 Å². The molecule has 1 aromatic rings. The first-order valence-electron chi connectivity index (χ1n) is 3.32. The minimum atomic E-state index is -3.92. The van der Waals surface area contributed by atoms with Crippen molar-refractivity contribution in [2.45, 2.75) is 0 Å². The minimum absolute atomic E-state index is 0.529. The van der Waals surface area contributed by atoms with Gasteiger partial charge in [0.15, 0.2) is 0 Å². The fraction of sp³-hybridized carbons (Fsp3) is 0.333. The second-order valence-corrected chi connectivity index (χ2v) is 3.49. The van der Waals surface area contributed by atoms with Crippen molar-refractivity contribution in [3.05, 3.63) is 24.8 Å². The summed E-state index contributed by atoms with van der Waals surface area (Å²) in [6, 6.07) is 1.78. The summed E-state index contributed by atoms with van der Waals surface area (Å²) in [5.41, 5.74) is 0. The van der Waals surface area contributed by atoms with E-state index in [4.69, 9.17) is 9.66 Å². The van der Waals surface area contributed by atoms with Gasteiger partial charge in [-0.25, -0.2) is 9.97 Å². The average Bonchev–Trinajstić information content (AvgIpc) is 2.06. The topological polar surface area (TPSA) is 100 Å². The highest BCUT2D eigenvalue weighted by molar-refractivity contribution is 7.85. The van der Waals surface area contributed by atoms with Gasteiger partial charge in [0.05, 0.1) is 12.4 Å². The number of hydrogen-bond acceptors (Lipinski definition) is 5. The van der Waals surface area contributed by atoms with Crippen molar-refractivity contribution in [1.29, 1.82) is 0 Å². The average molecular weight is 206 g/mol. The summed E-state index contributed by atoms with van der Waals surface area (Å²) < 4.78 is 27.1. The molecule has 1 heterocycles. The molecule has 7 heteroatoms. The van der Waals surface area contributed by atoms with Gasteiger partial charge in [-0.15, -0.1) is 0 Å². The predicted octanol–water partition coefficient (Wildman–Crippen LogP) is -0.657. The molecule has 74 valence electrons. The second kappa shape index (κ2) is 6.46. The fourth-order valence-corrected chi connectivity index (χ4v) is 0.599. The maximum atomic E-state index is 9.63. The van der Waals surface area contributed by atoms with Gasteiger partial charge in [-0.05, 0) is 6.07 Å². The van der Waals surface area contributed by atoms with Gasteiger partial charge in [-0.3, -0.25) is 4.55 Å². The summed E-state index contributed by atoms with van der Waals surface area (Å²) in [4.78, 5) is 7.35. The van der Waals surface area contributed by atoms with Crippen LogP contribution in [0.1, 0.15) is 0 Å². The summed E-state index contributed by atoms with van der Waals surface area (Å²) in [5.74, 6) is -0.576. The maximum absolute atomic E-state index is 9.63. The third-order valence-corrected chi connectivity index (χ3v) is 1.53. The van der Waals surface area contributed by atoms with Crippen molar-refractivity contribution >= 4 is 10.1 Å². The summed E-state index contributed by atoms with van der Waals surface area (Å²) in [6.07, 6.45) is 4.88. The molecule has 1 rings (SSSR count). The molecule has 6 nitrogen and oxygen atoms in total. The van der Waals surface area contributed by atoms with Crippen LogP contribution in [0.3, 0.4) is 0 Å². The zero-order chi connectivity index (χ0) is 10.2. The van der Waals surface area contributed by atoms with E-state index < -0.39 is 22.5 Å². The van der Waals surface area contributed by atoms with E-state index in [-0.39, 0.29) is 0 Å². The standard InChI is InChI=1S/C4H4N2.C2H6O4S/c1-2-5-4-6-3-1;3-1-2-7(4,5)6/h1-4H;3H,1-2H2,(H,4,5,6). The molecular weight excluding hydrogens is 196 g/mol. The SMILES string of the molecule is O=S(=O)(O)CCO.c1cncnc1. The Morgan fingerprint density at radius 3 is 1.85 bits per heavy atom. The van der Waals surface area contributed by atoms with Crippen LogP contribution in [0.25, 0.3) is 0 Å². The van der Waals surface area contributed by atoms with Crippen molar-refractivity contribution in [2.24, 2.45) is 0 Å². The molecule has 0 aliphatic carbocycles. The second-order valence-electron chi connectivity index (χ2n) is 1.91. The molecule has 0 spiro atoms. The Kier molecular flexibility index (Phi) is 5.94. The zero-order valence-corrected chi connectivity index (χ0v) is 7.55. The number of aliphatic hydroxyl groups excluding tert-OH is 1. The molecule has 0 aromatic carbocycles. The first-order chi connectivity index (χ1) is 6.06. The van der Waals surface area contributed by atoms with Gasteiger partial charge in [-0.1, -0.05) is 0 Å². The van der Waals surface area contributed by atoms with Crippen LogP contribution in [0, 0.1) is 0 Å². The van der Waals surface area contributed by atoms with Gasteiger partial charge in [0.2, 0.25) is 0 Å². The van der Waals surface area contributed by atoms with Gasteiger partial charge >= 0.3 is 0 Å². The van der Waals surface area contributed by atoms with Gasteiger partial charge in [0.25, 0.3) is 10.1 Å². The van der Waals surface area contributed by atoms with Crippen molar-refractivity contribution < 1.29 is 18.1 Å². The van der Waals surface area contributed by atoms with E-state index in [1.807, 2.05) is 0 Å². The predicted molar refractivity (Wildman–Crippen MR) is 45.5 cm³/mol. The number of aliphatic hydroxyl groups is 1. The zero-order valence-electron chi connectivity index (χ0n) is 6.74. The van der Waals surface area contributed by atoms with E-state index >= 15 is 0 Å². The van der Waals surface area contributed by atoms with Crippen molar-refractivity contribution in [3.8, 4) is 0 Å². The van der Waals surface area contributed by atoms with Gasteiger partial charge in [0.1, 0.15) is 6.33 Å². The van der Waals surface area contributed by atoms with Crippen molar-refractivity contribution in [1.82, 2.24) is 9.97 Å².